The van der Waals surface area contributed by atoms with E-state index in [0.29, 0.717) is 16.0 Å². The van der Waals surface area contributed by atoms with Crippen molar-refractivity contribution < 1.29 is 0 Å². The van der Waals surface area contributed by atoms with Crippen molar-refractivity contribution in [3.8, 4) is 0 Å². The molecule has 0 amide bonds. The quantitative estimate of drug-likeness (QED) is 0.758. The smallest absolute Gasteiger partial charge is 0.0661 e. The molecule has 1 N–H and O–H groups in total. The molecule has 86 valence electrons. The van der Waals surface area contributed by atoms with Gasteiger partial charge in [0, 0.05) is 16.6 Å². The van der Waals surface area contributed by atoms with Crippen molar-refractivity contribution in [2.24, 2.45) is 0 Å². The fourth-order valence-corrected chi connectivity index (χ4v) is 2.72. The molecule has 1 aromatic carbocycles. The molecule has 2 aromatic rings. The highest BCUT2D eigenvalue weighted by Gasteiger charge is 2.12. The number of hydrogen-bond acceptors (Lipinski definition) is 0. The van der Waals surface area contributed by atoms with Gasteiger partial charge in [0.1, 0.15) is 0 Å². The van der Waals surface area contributed by atoms with Gasteiger partial charge in [-0.3, -0.25) is 0 Å². The van der Waals surface area contributed by atoms with Gasteiger partial charge in [-0.15, -0.1) is 0 Å². The zero-order chi connectivity index (χ0) is 11.7. The van der Waals surface area contributed by atoms with Gasteiger partial charge in [0.15, 0.2) is 0 Å². The summed E-state index contributed by atoms with van der Waals surface area (Å²) in [6, 6.07) is 3.76. The van der Waals surface area contributed by atoms with Gasteiger partial charge in [-0.25, -0.2) is 0 Å². The van der Waals surface area contributed by atoms with E-state index in [4.69, 9.17) is 23.2 Å². The Morgan fingerprint density at radius 2 is 2.06 bits per heavy atom. The van der Waals surface area contributed by atoms with Crippen molar-refractivity contribution in [3.05, 3.63) is 33.9 Å². The summed E-state index contributed by atoms with van der Waals surface area (Å²) in [6.45, 7) is 4.44. The van der Waals surface area contributed by atoms with E-state index in [1.54, 1.807) is 6.07 Å². The van der Waals surface area contributed by atoms with Crippen LogP contribution in [0.15, 0.2) is 18.3 Å². The van der Waals surface area contributed by atoms with Crippen LogP contribution in [0.1, 0.15) is 38.2 Å². The number of hydrogen-bond donors (Lipinski definition) is 1. The monoisotopic (exact) mass is 255 g/mol. The van der Waals surface area contributed by atoms with E-state index in [2.05, 4.69) is 18.8 Å². The lowest BCUT2D eigenvalue weighted by atomic mass is 9.96. The number of benzene rings is 1. The van der Waals surface area contributed by atoms with E-state index < -0.39 is 0 Å². The highest BCUT2D eigenvalue weighted by Crippen LogP contribution is 2.34. The van der Waals surface area contributed by atoms with Crippen LogP contribution in [-0.4, -0.2) is 4.98 Å². The summed E-state index contributed by atoms with van der Waals surface area (Å²) in [7, 11) is 0. The average molecular weight is 256 g/mol. The molecule has 3 heteroatoms. The Labute approximate surface area is 106 Å². The molecular weight excluding hydrogens is 241 g/mol. The molecule has 0 saturated heterocycles. The van der Waals surface area contributed by atoms with Crippen molar-refractivity contribution in [1.82, 2.24) is 4.98 Å². The third-order valence-electron chi connectivity index (χ3n) is 2.99. The van der Waals surface area contributed by atoms with E-state index in [-0.39, 0.29) is 0 Å². The molecule has 2 rings (SSSR count). The third-order valence-corrected chi connectivity index (χ3v) is 3.51. The van der Waals surface area contributed by atoms with Crippen LogP contribution in [0.25, 0.3) is 10.9 Å². The third kappa shape index (κ3) is 2.07. The van der Waals surface area contributed by atoms with Crippen LogP contribution in [0.2, 0.25) is 10.0 Å². The van der Waals surface area contributed by atoms with Crippen molar-refractivity contribution in [3.63, 3.8) is 0 Å². The lowest BCUT2D eigenvalue weighted by Gasteiger charge is -2.08. The van der Waals surface area contributed by atoms with Crippen LogP contribution in [0.3, 0.4) is 0 Å². The minimum absolute atomic E-state index is 0.535. The number of halogens is 2. The average Bonchev–Trinajstić information content (AvgIpc) is 2.61. The summed E-state index contributed by atoms with van der Waals surface area (Å²) in [5.41, 5.74) is 2.30. The second kappa shape index (κ2) is 4.68. The molecule has 0 saturated carbocycles. The van der Waals surface area contributed by atoms with Crippen LogP contribution in [0.5, 0.6) is 0 Å². The molecule has 0 fully saturated rings. The Bertz CT molecular complexity index is 502. The Morgan fingerprint density at radius 1 is 1.31 bits per heavy atom. The molecule has 0 aliphatic heterocycles. The normalized spacial score (nSPS) is 13.2. The molecule has 1 unspecified atom stereocenters. The fraction of sp³-hybridized carbons (Fsp3) is 0.385. The standard InChI is InChI=1S/C13H15Cl2N/c1-3-4-8(2)11-7-16-13-10(11)5-9(14)6-12(13)15/h5-8,16H,3-4H2,1-2H3. The first kappa shape index (κ1) is 11.8. The molecule has 1 aromatic heterocycles. The first-order valence-corrected chi connectivity index (χ1v) is 6.35. The summed E-state index contributed by atoms with van der Waals surface area (Å²) >= 11 is 12.2. The van der Waals surface area contributed by atoms with Crippen LogP contribution in [-0.2, 0) is 0 Å². The zero-order valence-electron chi connectivity index (χ0n) is 9.48. The number of rotatable bonds is 3. The Balaban J connectivity index is 2.55. The summed E-state index contributed by atoms with van der Waals surface area (Å²) in [5.74, 6) is 0.535. The number of fused-ring (bicyclic) bond motifs is 1. The van der Waals surface area contributed by atoms with E-state index in [0.717, 1.165) is 10.9 Å². The minimum atomic E-state index is 0.535. The first-order chi connectivity index (χ1) is 7.63. The largest absolute Gasteiger partial charge is 0.360 e. The molecule has 1 heterocycles. The predicted octanol–water partition coefficient (Wildman–Crippen LogP) is 5.38. The Morgan fingerprint density at radius 3 is 2.75 bits per heavy atom. The highest BCUT2D eigenvalue weighted by atomic mass is 35.5. The van der Waals surface area contributed by atoms with Gasteiger partial charge in [-0.2, -0.15) is 0 Å². The maximum absolute atomic E-state index is 6.14. The summed E-state index contributed by atoms with van der Waals surface area (Å²) in [4.78, 5) is 3.23. The maximum Gasteiger partial charge on any atom is 0.0661 e. The van der Waals surface area contributed by atoms with Crippen molar-refractivity contribution in [2.45, 2.75) is 32.6 Å². The van der Waals surface area contributed by atoms with Crippen LogP contribution >= 0.6 is 23.2 Å². The van der Waals surface area contributed by atoms with Crippen LogP contribution in [0.4, 0.5) is 0 Å². The molecule has 1 atom stereocenters. The van der Waals surface area contributed by atoms with Gasteiger partial charge in [0.2, 0.25) is 0 Å². The molecule has 16 heavy (non-hydrogen) atoms. The number of nitrogens with one attached hydrogen (secondary N) is 1. The van der Waals surface area contributed by atoms with Crippen LogP contribution < -0.4 is 0 Å². The van der Waals surface area contributed by atoms with Gasteiger partial charge in [-0.1, -0.05) is 43.5 Å². The van der Waals surface area contributed by atoms with Crippen molar-refractivity contribution in [2.75, 3.05) is 0 Å². The first-order valence-electron chi connectivity index (χ1n) is 5.59. The maximum atomic E-state index is 6.14. The lowest BCUT2D eigenvalue weighted by Crippen LogP contribution is -1.90. The molecular formula is C13H15Cl2N. The summed E-state index contributed by atoms with van der Waals surface area (Å²) < 4.78 is 0. The van der Waals surface area contributed by atoms with Crippen molar-refractivity contribution >= 4 is 34.1 Å². The van der Waals surface area contributed by atoms with E-state index in [9.17, 15) is 0 Å². The molecule has 0 spiro atoms. The highest BCUT2D eigenvalue weighted by molar-refractivity contribution is 6.38. The Hall–Kier alpha value is -0.660. The van der Waals surface area contributed by atoms with E-state index in [1.807, 2.05) is 12.3 Å². The van der Waals surface area contributed by atoms with E-state index >= 15 is 0 Å². The van der Waals surface area contributed by atoms with Gasteiger partial charge in [0.25, 0.3) is 0 Å². The Kier molecular flexibility index (Phi) is 3.46. The number of aromatic nitrogens is 1. The topological polar surface area (TPSA) is 15.8 Å². The SMILES string of the molecule is CCCC(C)c1c[nH]c2c(Cl)cc(Cl)cc12. The molecule has 0 radical (unpaired) electrons. The zero-order valence-corrected chi connectivity index (χ0v) is 11.0. The summed E-state index contributed by atoms with van der Waals surface area (Å²) in [5, 5.41) is 2.54. The number of aromatic amines is 1. The van der Waals surface area contributed by atoms with Crippen LogP contribution in [0, 0.1) is 0 Å². The molecule has 0 aliphatic carbocycles. The van der Waals surface area contributed by atoms with Gasteiger partial charge >= 0.3 is 0 Å². The molecule has 0 aliphatic rings. The van der Waals surface area contributed by atoms with E-state index in [1.165, 1.54) is 18.4 Å². The molecule has 1 nitrogen and oxygen atoms in total. The predicted molar refractivity (Wildman–Crippen MR) is 71.6 cm³/mol. The van der Waals surface area contributed by atoms with Gasteiger partial charge in [-0.05, 0) is 30.0 Å². The second-order valence-corrected chi connectivity index (χ2v) is 5.09. The minimum Gasteiger partial charge on any atom is -0.360 e. The second-order valence-electron chi connectivity index (χ2n) is 4.24. The fourth-order valence-electron chi connectivity index (χ4n) is 2.17. The number of H-pyrrole nitrogens is 1. The summed E-state index contributed by atoms with van der Waals surface area (Å²) in [6.07, 6.45) is 4.41. The van der Waals surface area contributed by atoms with Gasteiger partial charge in [0.05, 0.1) is 10.5 Å². The van der Waals surface area contributed by atoms with Crippen molar-refractivity contribution in [1.29, 1.82) is 0 Å². The van der Waals surface area contributed by atoms with Gasteiger partial charge < -0.3 is 4.98 Å². The molecule has 0 bridgehead atoms. The lowest BCUT2D eigenvalue weighted by molar-refractivity contribution is 0.669.